The van der Waals surface area contributed by atoms with Crippen LogP contribution in [0.5, 0.6) is 0 Å². The highest BCUT2D eigenvalue weighted by Crippen LogP contribution is 2.14. The summed E-state index contributed by atoms with van der Waals surface area (Å²) < 4.78 is 9.09. The van der Waals surface area contributed by atoms with Crippen LogP contribution in [0.25, 0.3) is 0 Å². The van der Waals surface area contributed by atoms with Gasteiger partial charge in [-0.25, -0.2) is 0 Å². The van der Waals surface area contributed by atoms with Gasteiger partial charge in [-0.15, -0.1) is 0 Å². The Hall–Kier alpha value is -2.26. The van der Waals surface area contributed by atoms with Crippen molar-refractivity contribution in [2.45, 2.75) is 26.4 Å². The minimum Gasteiger partial charge on any atom is -0.465 e. The van der Waals surface area contributed by atoms with Crippen LogP contribution >= 0.6 is 0 Å². The Balaban J connectivity index is 5.02. The van der Waals surface area contributed by atoms with E-state index in [1.807, 2.05) is 0 Å². The number of carbonyl (C=O) groups excluding carboxylic acids is 2. The monoisotopic (exact) mass is 278 g/mol. The van der Waals surface area contributed by atoms with E-state index in [1.165, 1.54) is 13.8 Å². The number of nitro groups is 2. The largest absolute Gasteiger partial charge is 0.465 e. The van der Waals surface area contributed by atoms with Crippen LogP contribution in [0.2, 0.25) is 0 Å². The minimum atomic E-state index is -2.26. The van der Waals surface area contributed by atoms with Gasteiger partial charge in [-0.1, -0.05) is 0 Å². The van der Waals surface area contributed by atoms with Crippen molar-refractivity contribution >= 4 is 11.9 Å². The molecule has 0 saturated carbocycles. The van der Waals surface area contributed by atoms with E-state index in [1.54, 1.807) is 0 Å². The van der Waals surface area contributed by atoms with Crippen molar-refractivity contribution in [1.29, 1.82) is 0 Å². The molecule has 0 aliphatic rings. The summed E-state index contributed by atoms with van der Waals surface area (Å²) in [4.78, 5) is 41.6. The number of carbonyl (C=O) groups is 2. The molecule has 0 radical (unpaired) electrons. The van der Waals surface area contributed by atoms with Gasteiger partial charge in [0.1, 0.15) is 6.42 Å². The number of ether oxygens (including phenoxy) is 2. The molecule has 0 aliphatic heterocycles. The standard InChI is InChI=1S/C9H14N2O8/c1-3-18-8(12)6(9(13)19-4-2)5-7(10(14)15)11(16)17/h6-7H,3-5H2,1-2H3. The van der Waals surface area contributed by atoms with E-state index in [2.05, 4.69) is 9.47 Å². The van der Waals surface area contributed by atoms with Crippen LogP contribution in [0.4, 0.5) is 0 Å². The Morgan fingerprint density at radius 2 is 1.37 bits per heavy atom. The van der Waals surface area contributed by atoms with E-state index in [4.69, 9.17) is 0 Å². The van der Waals surface area contributed by atoms with Gasteiger partial charge < -0.3 is 9.47 Å². The minimum absolute atomic E-state index is 0.0592. The van der Waals surface area contributed by atoms with E-state index in [9.17, 15) is 29.8 Å². The molecular formula is C9H14N2O8. The van der Waals surface area contributed by atoms with Gasteiger partial charge in [0.05, 0.1) is 23.1 Å². The number of hydrogen-bond acceptors (Lipinski definition) is 8. The summed E-state index contributed by atoms with van der Waals surface area (Å²) in [7, 11) is 0. The summed E-state index contributed by atoms with van der Waals surface area (Å²) in [6.45, 7) is 2.82. The summed E-state index contributed by atoms with van der Waals surface area (Å²) in [6, 6.07) is 0. The lowest BCUT2D eigenvalue weighted by Gasteiger charge is -2.13. The normalized spacial score (nSPS) is 10.3. The molecule has 0 N–H and O–H groups in total. The molecule has 0 aromatic heterocycles. The second-order valence-electron chi connectivity index (χ2n) is 3.34. The van der Waals surface area contributed by atoms with Gasteiger partial charge in [-0.2, -0.15) is 0 Å². The highest BCUT2D eigenvalue weighted by molar-refractivity contribution is 5.94. The van der Waals surface area contributed by atoms with Crippen LogP contribution in [0.3, 0.4) is 0 Å². The van der Waals surface area contributed by atoms with E-state index < -0.39 is 40.3 Å². The number of hydrogen-bond donors (Lipinski definition) is 0. The fraction of sp³-hybridized carbons (Fsp3) is 0.778. The number of rotatable bonds is 8. The average molecular weight is 278 g/mol. The molecule has 108 valence electrons. The summed E-state index contributed by atoms with van der Waals surface area (Å²) >= 11 is 0. The summed E-state index contributed by atoms with van der Waals surface area (Å²) in [5, 5.41) is 21.0. The molecule has 0 saturated heterocycles. The van der Waals surface area contributed by atoms with Crippen molar-refractivity contribution in [3.63, 3.8) is 0 Å². The van der Waals surface area contributed by atoms with Crippen molar-refractivity contribution < 1.29 is 28.9 Å². The first kappa shape index (κ1) is 16.7. The molecule has 0 aliphatic carbocycles. The third kappa shape index (κ3) is 5.27. The molecule has 0 spiro atoms. The zero-order chi connectivity index (χ0) is 15.0. The Morgan fingerprint density at radius 1 is 1.00 bits per heavy atom. The maximum absolute atomic E-state index is 11.5. The number of nitrogens with zero attached hydrogens (tertiary/aromatic N) is 2. The van der Waals surface area contributed by atoms with Crippen LogP contribution in [0, 0.1) is 26.1 Å². The number of esters is 2. The highest BCUT2D eigenvalue weighted by Gasteiger charge is 2.43. The van der Waals surface area contributed by atoms with Gasteiger partial charge in [0.15, 0.2) is 5.92 Å². The predicted octanol–water partition coefficient (Wildman–Crippen LogP) is -0.00160. The lowest BCUT2D eigenvalue weighted by Crippen LogP contribution is -2.37. The first-order chi connectivity index (χ1) is 8.84. The van der Waals surface area contributed by atoms with Crippen LogP contribution in [-0.4, -0.2) is 41.2 Å². The second kappa shape index (κ2) is 7.95. The molecule has 19 heavy (non-hydrogen) atoms. The fourth-order valence-corrected chi connectivity index (χ4v) is 1.23. The molecule has 10 nitrogen and oxygen atoms in total. The maximum atomic E-state index is 11.5. The van der Waals surface area contributed by atoms with Crippen molar-refractivity contribution in [1.82, 2.24) is 0 Å². The van der Waals surface area contributed by atoms with E-state index in [-0.39, 0.29) is 13.2 Å². The molecule has 10 heteroatoms. The van der Waals surface area contributed by atoms with Crippen LogP contribution < -0.4 is 0 Å². The third-order valence-corrected chi connectivity index (χ3v) is 2.08. The van der Waals surface area contributed by atoms with Crippen molar-refractivity contribution in [3.05, 3.63) is 20.2 Å². The van der Waals surface area contributed by atoms with Gasteiger partial charge in [-0.3, -0.25) is 29.8 Å². The molecule has 0 bridgehead atoms. The molecule has 0 rings (SSSR count). The fourth-order valence-electron chi connectivity index (χ4n) is 1.23. The van der Waals surface area contributed by atoms with Crippen molar-refractivity contribution in [2.75, 3.05) is 13.2 Å². The van der Waals surface area contributed by atoms with Crippen molar-refractivity contribution in [2.24, 2.45) is 5.92 Å². The summed E-state index contributed by atoms with van der Waals surface area (Å²) in [6.07, 6.45) is -3.17. The molecule has 0 aromatic carbocycles. The summed E-state index contributed by atoms with van der Waals surface area (Å²) in [5.41, 5.74) is 0. The Bertz CT molecular complexity index is 337. The lowest BCUT2D eigenvalue weighted by atomic mass is 10.0. The van der Waals surface area contributed by atoms with Crippen molar-refractivity contribution in [3.8, 4) is 0 Å². The van der Waals surface area contributed by atoms with Crippen LogP contribution in [0.1, 0.15) is 20.3 Å². The molecule has 0 fully saturated rings. The second-order valence-corrected chi connectivity index (χ2v) is 3.34. The molecular weight excluding hydrogens is 264 g/mol. The van der Waals surface area contributed by atoms with E-state index in [0.717, 1.165) is 0 Å². The smallest absolute Gasteiger partial charge is 0.452 e. The lowest BCUT2D eigenvalue weighted by molar-refractivity contribution is -0.743. The van der Waals surface area contributed by atoms with E-state index >= 15 is 0 Å². The maximum Gasteiger partial charge on any atom is 0.452 e. The molecule has 0 heterocycles. The predicted molar refractivity (Wildman–Crippen MR) is 59.1 cm³/mol. The zero-order valence-corrected chi connectivity index (χ0v) is 10.4. The Morgan fingerprint density at radius 3 is 1.63 bits per heavy atom. The molecule has 0 aromatic rings. The summed E-state index contributed by atoms with van der Waals surface area (Å²) in [5.74, 6) is -3.83. The first-order valence-electron chi connectivity index (χ1n) is 5.45. The first-order valence-corrected chi connectivity index (χ1v) is 5.45. The van der Waals surface area contributed by atoms with Gasteiger partial charge in [0, 0.05) is 0 Å². The Kier molecular flexibility index (Phi) is 7.00. The quantitative estimate of drug-likeness (QED) is 0.199. The zero-order valence-electron chi connectivity index (χ0n) is 10.4. The topological polar surface area (TPSA) is 139 Å². The van der Waals surface area contributed by atoms with Gasteiger partial charge in [0.25, 0.3) is 0 Å². The molecule has 0 amide bonds. The van der Waals surface area contributed by atoms with E-state index in [0.29, 0.717) is 0 Å². The Labute approximate surface area is 108 Å². The van der Waals surface area contributed by atoms with Crippen LogP contribution in [0.15, 0.2) is 0 Å². The van der Waals surface area contributed by atoms with Gasteiger partial charge in [-0.05, 0) is 13.8 Å². The average Bonchev–Trinajstić information content (AvgIpc) is 2.29. The molecule has 0 unspecified atom stereocenters. The SMILES string of the molecule is CCOC(=O)C(CC([N+](=O)[O-])[N+](=O)[O-])C(=O)OCC. The van der Waals surface area contributed by atoms with Crippen LogP contribution in [-0.2, 0) is 19.1 Å². The van der Waals surface area contributed by atoms with Gasteiger partial charge >= 0.3 is 18.1 Å². The third-order valence-electron chi connectivity index (χ3n) is 2.08. The highest BCUT2D eigenvalue weighted by atomic mass is 16.7. The van der Waals surface area contributed by atoms with Gasteiger partial charge in [0.2, 0.25) is 0 Å². The molecule has 0 atom stereocenters.